The van der Waals surface area contributed by atoms with Crippen LogP contribution in [0.15, 0.2) is 18.2 Å². The van der Waals surface area contributed by atoms with Gasteiger partial charge in [0.15, 0.2) is 0 Å². The van der Waals surface area contributed by atoms with E-state index < -0.39 is 0 Å². The van der Waals surface area contributed by atoms with Crippen LogP contribution < -0.4 is 15.2 Å². The maximum absolute atomic E-state index is 6.21. The molecule has 2 rings (SSSR count). The van der Waals surface area contributed by atoms with Gasteiger partial charge in [-0.3, -0.25) is 0 Å². The zero-order valence-corrected chi connectivity index (χ0v) is 11.3. The second-order valence-electron chi connectivity index (χ2n) is 4.98. The molecule has 2 N–H and O–H groups in total. The van der Waals surface area contributed by atoms with Gasteiger partial charge < -0.3 is 15.2 Å². The normalized spacial score (nSPS) is 22.2. The molecule has 1 aromatic rings. The molecule has 3 heteroatoms. The number of hydrogen-bond donors (Lipinski definition) is 1. The van der Waals surface area contributed by atoms with Crippen molar-refractivity contribution in [3.05, 3.63) is 23.8 Å². The van der Waals surface area contributed by atoms with E-state index in [0.717, 1.165) is 29.9 Å². The predicted molar refractivity (Wildman–Crippen MR) is 73.1 cm³/mol. The number of unbranched alkanes of at least 4 members (excludes halogenated alkanes) is 2. The minimum Gasteiger partial charge on any atom is -0.497 e. The van der Waals surface area contributed by atoms with E-state index in [-0.39, 0.29) is 12.1 Å². The molecule has 0 amide bonds. The van der Waals surface area contributed by atoms with E-state index in [2.05, 4.69) is 6.92 Å². The Kier molecular flexibility index (Phi) is 4.48. The largest absolute Gasteiger partial charge is 0.497 e. The number of ether oxygens (including phenoxy) is 2. The van der Waals surface area contributed by atoms with Gasteiger partial charge in [-0.15, -0.1) is 0 Å². The molecule has 0 aliphatic carbocycles. The van der Waals surface area contributed by atoms with Crippen molar-refractivity contribution < 1.29 is 9.47 Å². The van der Waals surface area contributed by atoms with Crippen molar-refractivity contribution in [3.8, 4) is 11.5 Å². The molecule has 3 nitrogen and oxygen atoms in total. The molecule has 100 valence electrons. The van der Waals surface area contributed by atoms with Crippen LogP contribution in [0.5, 0.6) is 11.5 Å². The van der Waals surface area contributed by atoms with Crippen molar-refractivity contribution in [2.45, 2.75) is 51.2 Å². The summed E-state index contributed by atoms with van der Waals surface area (Å²) in [6.07, 6.45) is 5.99. The van der Waals surface area contributed by atoms with Crippen molar-refractivity contribution in [1.82, 2.24) is 0 Å². The molecule has 0 aromatic heterocycles. The molecular weight excluding hydrogens is 226 g/mol. The lowest BCUT2D eigenvalue weighted by Crippen LogP contribution is -2.29. The minimum atomic E-state index is 0.0892. The fraction of sp³-hybridized carbons (Fsp3) is 0.600. The van der Waals surface area contributed by atoms with Crippen LogP contribution in [-0.2, 0) is 0 Å². The van der Waals surface area contributed by atoms with E-state index in [4.69, 9.17) is 15.2 Å². The first-order valence-corrected chi connectivity index (χ1v) is 6.84. The highest BCUT2D eigenvalue weighted by molar-refractivity contribution is 5.43. The van der Waals surface area contributed by atoms with Gasteiger partial charge in [0.2, 0.25) is 0 Å². The Morgan fingerprint density at radius 2 is 2.22 bits per heavy atom. The van der Waals surface area contributed by atoms with Gasteiger partial charge >= 0.3 is 0 Å². The number of fused-ring (bicyclic) bond motifs is 1. The van der Waals surface area contributed by atoms with Crippen LogP contribution in [0, 0.1) is 0 Å². The first kappa shape index (κ1) is 13.2. The predicted octanol–water partition coefficient (Wildman–Crippen LogP) is 3.43. The third-order valence-corrected chi connectivity index (χ3v) is 3.56. The summed E-state index contributed by atoms with van der Waals surface area (Å²) in [4.78, 5) is 0. The third kappa shape index (κ3) is 2.96. The van der Waals surface area contributed by atoms with Crippen molar-refractivity contribution >= 4 is 0 Å². The van der Waals surface area contributed by atoms with E-state index in [0.29, 0.717) is 0 Å². The Hall–Kier alpha value is -1.22. The lowest BCUT2D eigenvalue weighted by atomic mass is 9.94. The maximum atomic E-state index is 6.21. The van der Waals surface area contributed by atoms with Gasteiger partial charge in [-0.2, -0.15) is 0 Å². The zero-order chi connectivity index (χ0) is 13.0. The molecule has 0 bridgehead atoms. The summed E-state index contributed by atoms with van der Waals surface area (Å²) in [5.74, 6) is 1.73. The Morgan fingerprint density at radius 1 is 1.39 bits per heavy atom. The average molecular weight is 249 g/mol. The molecule has 0 fully saturated rings. The van der Waals surface area contributed by atoms with Crippen molar-refractivity contribution in [2.24, 2.45) is 5.73 Å². The van der Waals surface area contributed by atoms with Gasteiger partial charge in [0.25, 0.3) is 0 Å². The molecule has 0 radical (unpaired) electrons. The molecule has 0 saturated carbocycles. The first-order valence-electron chi connectivity index (χ1n) is 6.84. The average Bonchev–Trinajstić information content (AvgIpc) is 2.38. The van der Waals surface area contributed by atoms with Gasteiger partial charge in [-0.05, 0) is 18.9 Å². The highest BCUT2D eigenvalue weighted by Crippen LogP contribution is 2.37. The third-order valence-electron chi connectivity index (χ3n) is 3.56. The maximum Gasteiger partial charge on any atom is 0.128 e. The van der Waals surface area contributed by atoms with E-state index in [1.807, 2.05) is 18.2 Å². The number of rotatable bonds is 5. The molecule has 2 atom stereocenters. The molecule has 18 heavy (non-hydrogen) atoms. The van der Waals surface area contributed by atoms with E-state index in [1.54, 1.807) is 7.11 Å². The zero-order valence-electron chi connectivity index (χ0n) is 11.3. The molecular formula is C15H23NO2. The second kappa shape index (κ2) is 6.10. The molecule has 0 saturated heterocycles. The van der Waals surface area contributed by atoms with Crippen LogP contribution >= 0.6 is 0 Å². The lowest BCUT2D eigenvalue weighted by molar-refractivity contribution is 0.146. The first-order chi connectivity index (χ1) is 8.74. The SMILES string of the molecule is CCCCCC1C[C@H](N)c2ccc(OC)cc2O1. The monoisotopic (exact) mass is 249 g/mol. The molecule has 1 unspecified atom stereocenters. The topological polar surface area (TPSA) is 44.5 Å². The Morgan fingerprint density at radius 3 is 2.94 bits per heavy atom. The molecule has 1 aromatic carbocycles. The highest BCUT2D eigenvalue weighted by atomic mass is 16.5. The summed E-state index contributed by atoms with van der Waals surface area (Å²) in [6.45, 7) is 2.22. The quantitative estimate of drug-likeness (QED) is 0.813. The Balaban J connectivity index is 2.06. The van der Waals surface area contributed by atoms with E-state index >= 15 is 0 Å². The smallest absolute Gasteiger partial charge is 0.128 e. The van der Waals surface area contributed by atoms with Gasteiger partial charge in [0, 0.05) is 24.1 Å². The molecule has 1 aliphatic heterocycles. The summed E-state index contributed by atoms with van der Waals surface area (Å²) in [6, 6.07) is 5.99. The van der Waals surface area contributed by atoms with Crippen LogP contribution in [0.25, 0.3) is 0 Å². The van der Waals surface area contributed by atoms with Gasteiger partial charge in [0.1, 0.15) is 17.6 Å². The van der Waals surface area contributed by atoms with Gasteiger partial charge in [0.05, 0.1) is 7.11 Å². The molecule has 1 aliphatic rings. The summed E-state index contributed by atoms with van der Waals surface area (Å²) in [5, 5.41) is 0. The standard InChI is InChI=1S/C15H23NO2/c1-3-4-5-6-12-9-14(16)13-8-7-11(17-2)10-15(13)18-12/h7-8,10,12,14H,3-6,9,16H2,1-2H3/t12?,14-/m0/s1. The molecule has 1 heterocycles. The van der Waals surface area contributed by atoms with Crippen LogP contribution in [-0.4, -0.2) is 13.2 Å². The fourth-order valence-electron chi connectivity index (χ4n) is 2.49. The van der Waals surface area contributed by atoms with Crippen molar-refractivity contribution in [2.75, 3.05) is 7.11 Å². The van der Waals surface area contributed by atoms with Crippen LogP contribution in [0.2, 0.25) is 0 Å². The fourth-order valence-corrected chi connectivity index (χ4v) is 2.49. The van der Waals surface area contributed by atoms with E-state index in [1.165, 1.54) is 19.3 Å². The summed E-state index contributed by atoms with van der Waals surface area (Å²) in [5.41, 5.74) is 7.31. The number of nitrogens with two attached hydrogens (primary N) is 1. The van der Waals surface area contributed by atoms with Crippen LogP contribution in [0.3, 0.4) is 0 Å². The number of methoxy groups -OCH3 is 1. The summed E-state index contributed by atoms with van der Waals surface area (Å²) in [7, 11) is 1.67. The lowest BCUT2D eigenvalue weighted by Gasteiger charge is -2.30. The van der Waals surface area contributed by atoms with Crippen LogP contribution in [0.4, 0.5) is 0 Å². The number of hydrogen-bond acceptors (Lipinski definition) is 3. The van der Waals surface area contributed by atoms with E-state index in [9.17, 15) is 0 Å². The van der Waals surface area contributed by atoms with Crippen molar-refractivity contribution in [1.29, 1.82) is 0 Å². The Labute approximate surface area is 109 Å². The van der Waals surface area contributed by atoms with Gasteiger partial charge in [-0.1, -0.05) is 25.8 Å². The summed E-state index contributed by atoms with van der Waals surface area (Å²) >= 11 is 0. The highest BCUT2D eigenvalue weighted by Gasteiger charge is 2.25. The van der Waals surface area contributed by atoms with Crippen molar-refractivity contribution in [3.63, 3.8) is 0 Å². The van der Waals surface area contributed by atoms with Crippen LogP contribution in [0.1, 0.15) is 50.6 Å². The van der Waals surface area contributed by atoms with Gasteiger partial charge in [-0.25, -0.2) is 0 Å². The molecule has 0 spiro atoms. The second-order valence-corrected chi connectivity index (χ2v) is 4.98. The minimum absolute atomic E-state index is 0.0892. The number of benzene rings is 1. The Bertz CT molecular complexity index is 392. The summed E-state index contributed by atoms with van der Waals surface area (Å²) < 4.78 is 11.3.